The monoisotopic (exact) mass is 420 g/mol. The second kappa shape index (κ2) is 9.41. The standard InChI is InChI=1S/C20H28N4O4S/c1-3-12-28-20-16(8-7-9-21-20)14-22-19(25)18-13-17(15-23(18)2)29(26,27)24-10-5-4-6-11-24/h7-9,13,15H,3-6,10-12,14H2,1-2H3,(H,22,25). The molecule has 3 heterocycles. The smallest absolute Gasteiger partial charge is 0.268 e. The molecule has 0 bridgehead atoms. The maximum Gasteiger partial charge on any atom is 0.268 e. The Bertz CT molecular complexity index is 949. The maximum atomic E-state index is 12.9. The highest BCUT2D eigenvalue weighted by molar-refractivity contribution is 7.89. The first kappa shape index (κ1) is 21.3. The number of aromatic nitrogens is 2. The molecule has 1 aliphatic heterocycles. The summed E-state index contributed by atoms with van der Waals surface area (Å²) in [7, 11) is -1.91. The number of aryl methyl sites for hydroxylation is 1. The fraction of sp³-hybridized carbons (Fsp3) is 0.500. The van der Waals surface area contributed by atoms with Crippen molar-refractivity contribution < 1.29 is 17.9 Å². The number of rotatable bonds is 8. The van der Waals surface area contributed by atoms with Crippen LogP contribution in [-0.2, 0) is 23.6 Å². The van der Waals surface area contributed by atoms with Crippen LogP contribution in [0.4, 0.5) is 0 Å². The van der Waals surface area contributed by atoms with Crippen molar-refractivity contribution in [3.63, 3.8) is 0 Å². The van der Waals surface area contributed by atoms with Crippen molar-refractivity contribution in [2.24, 2.45) is 7.05 Å². The first-order valence-corrected chi connectivity index (χ1v) is 11.4. The topological polar surface area (TPSA) is 93.5 Å². The van der Waals surface area contributed by atoms with Gasteiger partial charge in [-0.15, -0.1) is 0 Å². The highest BCUT2D eigenvalue weighted by atomic mass is 32.2. The van der Waals surface area contributed by atoms with Crippen molar-refractivity contribution >= 4 is 15.9 Å². The molecule has 1 aliphatic rings. The molecule has 0 atom stereocenters. The summed E-state index contributed by atoms with van der Waals surface area (Å²) >= 11 is 0. The van der Waals surface area contributed by atoms with Crippen LogP contribution in [0.1, 0.15) is 48.7 Å². The summed E-state index contributed by atoms with van der Waals surface area (Å²) in [6, 6.07) is 5.07. The normalized spacial score (nSPS) is 15.2. The van der Waals surface area contributed by atoms with E-state index in [9.17, 15) is 13.2 Å². The zero-order valence-electron chi connectivity index (χ0n) is 16.9. The molecule has 2 aromatic heterocycles. The molecule has 9 heteroatoms. The van der Waals surface area contributed by atoms with Crippen molar-refractivity contribution in [3.8, 4) is 5.88 Å². The van der Waals surface area contributed by atoms with Gasteiger partial charge in [-0.05, 0) is 31.4 Å². The molecule has 0 spiro atoms. The van der Waals surface area contributed by atoms with Gasteiger partial charge in [0, 0.05) is 44.6 Å². The summed E-state index contributed by atoms with van der Waals surface area (Å²) in [5.41, 5.74) is 1.06. The molecule has 158 valence electrons. The maximum absolute atomic E-state index is 12.9. The van der Waals surface area contributed by atoms with Gasteiger partial charge in [-0.25, -0.2) is 13.4 Å². The number of ether oxygens (including phenoxy) is 1. The number of hydrogen-bond acceptors (Lipinski definition) is 5. The average Bonchev–Trinajstić information content (AvgIpc) is 3.14. The zero-order valence-corrected chi connectivity index (χ0v) is 17.7. The average molecular weight is 421 g/mol. The van der Waals surface area contributed by atoms with Crippen LogP contribution in [0.15, 0.2) is 35.5 Å². The van der Waals surface area contributed by atoms with E-state index >= 15 is 0 Å². The molecule has 0 unspecified atom stereocenters. The number of carbonyl (C=O) groups excluding carboxylic acids is 1. The summed E-state index contributed by atoms with van der Waals surface area (Å²) < 4.78 is 34.4. The summed E-state index contributed by atoms with van der Waals surface area (Å²) in [5.74, 6) is 0.146. The number of nitrogens with one attached hydrogen (secondary N) is 1. The molecule has 0 aliphatic carbocycles. The van der Waals surface area contributed by atoms with Gasteiger partial charge in [0.05, 0.1) is 6.61 Å². The second-order valence-electron chi connectivity index (χ2n) is 7.14. The molecular formula is C20H28N4O4S. The lowest BCUT2D eigenvalue weighted by Crippen LogP contribution is -2.35. The first-order chi connectivity index (χ1) is 13.9. The SMILES string of the molecule is CCCOc1ncccc1CNC(=O)c1cc(S(=O)(=O)N2CCCCC2)cn1C. The van der Waals surface area contributed by atoms with Gasteiger partial charge >= 0.3 is 0 Å². The van der Waals surface area contributed by atoms with Crippen LogP contribution in [0.3, 0.4) is 0 Å². The largest absolute Gasteiger partial charge is 0.477 e. The van der Waals surface area contributed by atoms with Gasteiger partial charge in [0.25, 0.3) is 5.91 Å². The van der Waals surface area contributed by atoms with Gasteiger partial charge < -0.3 is 14.6 Å². The van der Waals surface area contributed by atoms with Gasteiger partial charge in [0.2, 0.25) is 15.9 Å². The fourth-order valence-corrected chi connectivity index (χ4v) is 4.90. The first-order valence-electron chi connectivity index (χ1n) is 9.95. The van der Waals surface area contributed by atoms with E-state index in [4.69, 9.17) is 4.74 Å². The zero-order chi connectivity index (χ0) is 20.9. The molecule has 1 amide bonds. The van der Waals surface area contributed by atoms with E-state index in [-0.39, 0.29) is 17.3 Å². The summed E-state index contributed by atoms with van der Waals surface area (Å²) in [5, 5.41) is 2.83. The number of pyridine rings is 1. The minimum Gasteiger partial charge on any atom is -0.477 e. The van der Waals surface area contributed by atoms with Crippen molar-refractivity contribution in [1.29, 1.82) is 0 Å². The van der Waals surface area contributed by atoms with Crippen LogP contribution < -0.4 is 10.1 Å². The molecule has 3 rings (SSSR count). The van der Waals surface area contributed by atoms with Crippen LogP contribution in [0.25, 0.3) is 0 Å². The molecule has 8 nitrogen and oxygen atoms in total. The molecule has 2 aromatic rings. The summed E-state index contributed by atoms with van der Waals surface area (Å²) in [6.07, 6.45) is 6.79. The Morgan fingerprint density at radius 1 is 1.28 bits per heavy atom. The molecule has 1 fully saturated rings. The van der Waals surface area contributed by atoms with E-state index in [0.717, 1.165) is 31.2 Å². The Hall–Kier alpha value is -2.39. The number of carbonyl (C=O) groups is 1. The van der Waals surface area contributed by atoms with Gasteiger partial charge in [0.15, 0.2) is 0 Å². The van der Waals surface area contributed by atoms with Crippen molar-refractivity contribution in [2.45, 2.75) is 44.0 Å². The Kier molecular flexibility index (Phi) is 6.92. The van der Waals surface area contributed by atoms with Gasteiger partial charge in [-0.2, -0.15) is 4.31 Å². The lowest BCUT2D eigenvalue weighted by Gasteiger charge is -2.25. The van der Waals surface area contributed by atoms with E-state index in [2.05, 4.69) is 10.3 Å². The van der Waals surface area contributed by atoms with Crippen molar-refractivity contribution in [3.05, 3.63) is 41.9 Å². The third-order valence-electron chi connectivity index (χ3n) is 4.90. The molecule has 0 aromatic carbocycles. The lowest BCUT2D eigenvalue weighted by molar-refractivity contribution is 0.0942. The van der Waals surface area contributed by atoms with Gasteiger partial charge in [-0.3, -0.25) is 4.79 Å². The van der Waals surface area contributed by atoms with Crippen LogP contribution in [0, 0.1) is 0 Å². The van der Waals surface area contributed by atoms with Gasteiger partial charge in [-0.1, -0.05) is 19.4 Å². The Labute approximate surface area is 171 Å². The highest BCUT2D eigenvalue weighted by Crippen LogP contribution is 2.22. The summed E-state index contributed by atoms with van der Waals surface area (Å²) in [6.45, 7) is 3.86. The number of hydrogen-bond donors (Lipinski definition) is 1. The third-order valence-corrected chi connectivity index (χ3v) is 6.76. The number of piperidine rings is 1. The quantitative estimate of drug-likeness (QED) is 0.707. The number of sulfonamides is 1. The molecular weight excluding hydrogens is 392 g/mol. The van der Waals surface area contributed by atoms with Gasteiger partial charge in [0.1, 0.15) is 10.6 Å². The van der Waals surface area contributed by atoms with E-state index in [0.29, 0.717) is 31.3 Å². The second-order valence-corrected chi connectivity index (χ2v) is 9.07. The van der Waals surface area contributed by atoms with Crippen molar-refractivity contribution in [1.82, 2.24) is 19.2 Å². The van der Waals surface area contributed by atoms with Crippen LogP contribution in [0.2, 0.25) is 0 Å². The Balaban J connectivity index is 1.71. The van der Waals surface area contributed by atoms with Crippen LogP contribution >= 0.6 is 0 Å². The predicted octanol–water partition coefficient (Wildman–Crippen LogP) is 2.31. The Morgan fingerprint density at radius 3 is 2.76 bits per heavy atom. The van der Waals surface area contributed by atoms with E-state index in [1.807, 2.05) is 13.0 Å². The molecule has 1 N–H and O–H groups in total. The fourth-order valence-electron chi connectivity index (χ4n) is 3.31. The minimum absolute atomic E-state index is 0.153. The minimum atomic E-state index is -3.58. The molecule has 1 saturated heterocycles. The van der Waals surface area contributed by atoms with E-state index in [1.54, 1.807) is 23.9 Å². The highest BCUT2D eigenvalue weighted by Gasteiger charge is 2.28. The van der Waals surface area contributed by atoms with Crippen LogP contribution in [0.5, 0.6) is 5.88 Å². The molecule has 29 heavy (non-hydrogen) atoms. The van der Waals surface area contributed by atoms with E-state index in [1.165, 1.54) is 16.6 Å². The number of nitrogens with zero attached hydrogens (tertiary/aromatic N) is 3. The third kappa shape index (κ3) is 4.97. The predicted molar refractivity (Wildman–Crippen MR) is 109 cm³/mol. The number of amides is 1. The summed E-state index contributed by atoms with van der Waals surface area (Å²) in [4.78, 5) is 17.0. The molecule has 0 saturated carbocycles. The van der Waals surface area contributed by atoms with E-state index < -0.39 is 10.0 Å². The molecule has 0 radical (unpaired) electrons. The van der Waals surface area contributed by atoms with Crippen molar-refractivity contribution in [2.75, 3.05) is 19.7 Å². The van der Waals surface area contributed by atoms with Crippen LogP contribution in [-0.4, -0.2) is 47.9 Å². The lowest BCUT2D eigenvalue weighted by atomic mass is 10.2. The Morgan fingerprint density at radius 2 is 2.03 bits per heavy atom.